The number of esters is 1. The molecular weight excluding hydrogens is 403 g/mol. The van der Waals surface area contributed by atoms with E-state index in [0.29, 0.717) is 5.56 Å². The molecule has 0 spiro atoms. The molecule has 6 heteroatoms. The molecule has 108 valence electrons. The maximum absolute atomic E-state index is 11.7. The number of hydrogen-bond acceptors (Lipinski definition) is 4. The van der Waals surface area contributed by atoms with Crippen molar-refractivity contribution in [1.82, 2.24) is 0 Å². The van der Waals surface area contributed by atoms with Gasteiger partial charge in [0.15, 0.2) is 0 Å². The monoisotopic (exact) mass is 414 g/mol. The van der Waals surface area contributed by atoms with Crippen LogP contribution in [0.3, 0.4) is 0 Å². The summed E-state index contributed by atoms with van der Waals surface area (Å²) in [4.78, 5) is 24.2. The zero-order valence-corrected chi connectivity index (χ0v) is 14.0. The zero-order chi connectivity index (χ0) is 15.4. The molecule has 2 aromatic rings. The molecule has 0 bridgehead atoms. The molecule has 0 radical (unpaired) electrons. The largest absolute Gasteiger partial charge is 0.478 e. The van der Waals surface area contributed by atoms with E-state index in [1.165, 1.54) is 18.9 Å². The van der Waals surface area contributed by atoms with Crippen LogP contribution in [-0.2, 0) is 4.74 Å². The molecule has 1 N–H and O–H groups in total. The molecule has 0 aliphatic heterocycles. The van der Waals surface area contributed by atoms with Gasteiger partial charge in [0.25, 0.3) is 0 Å². The van der Waals surface area contributed by atoms with Crippen LogP contribution >= 0.6 is 34.4 Å². The SMILES string of the molecule is COC(=O)c1cc(Sc2ccc(C(=O)O)cc2)ccc1I. The predicted molar refractivity (Wildman–Crippen MR) is 88.0 cm³/mol. The van der Waals surface area contributed by atoms with Crippen LogP contribution in [0.4, 0.5) is 0 Å². The quantitative estimate of drug-likeness (QED) is 0.607. The fourth-order valence-electron chi connectivity index (χ4n) is 1.64. The van der Waals surface area contributed by atoms with Crippen molar-refractivity contribution < 1.29 is 19.4 Å². The first kappa shape index (κ1) is 15.8. The minimum Gasteiger partial charge on any atom is -0.478 e. The smallest absolute Gasteiger partial charge is 0.338 e. The number of methoxy groups -OCH3 is 1. The zero-order valence-electron chi connectivity index (χ0n) is 11.0. The first-order valence-corrected chi connectivity index (χ1v) is 7.80. The number of hydrogen-bond donors (Lipinski definition) is 1. The average molecular weight is 414 g/mol. The van der Waals surface area contributed by atoms with Gasteiger partial charge in [-0.25, -0.2) is 9.59 Å². The molecule has 2 rings (SSSR count). The van der Waals surface area contributed by atoms with E-state index in [4.69, 9.17) is 9.84 Å². The number of rotatable bonds is 4. The van der Waals surface area contributed by atoms with Gasteiger partial charge in [-0.15, -0.1) is 0 Å². The number of carboxylic acids is 1. The van der Waals surface area contributed by atoms with Crippen molar-refractivity contribution >= 4 is 46.3 Å². The van der Waals surface area contributed by atoms with Gasteiger partial charge in [-0.05, 0) is 65.1 Å². The van der Waals surface area contributed by atoms with Crippen molar-refractivity contribution in [1.29, 1.82) is 0 Å². The Kier molecular flexibility index (Phi) is 5.24. The minimum absolute atomic E-state index is 0.247. The molecule has 2 aromatic carbocycles. The van der Waals surface area contributed by atoms with Crippen molar-refractivity contribution in [2.75, 3.05) is 7.11 Å². The molecule has 21 heavy (non-hydrogen) atoms. The number of carbonyl (C=O) groups is 2. The Morgan fingerprint density at radius 1 is 1.10 bits per heavy atom. The van der Waals surface area contributed by atoms with Crippen LogP contribution in [0.15, 0.2) is 52.3 Å². The second-order valence-corrected chi connectivity index (χ2v) is 6.37. The maximum Gasteiger partial charge on any atom is 0.338 e. The van der Waals surface area contributed by atoms with E-state index in [1.807, 2.05) is 12.1 Å². The Morgan fingerprint density at radius 3 is 2.29 bits per heavy atom. The summed E-state index contributed by atoms with van der Waals surface area (Å²) in [5.74, 6) is -1.32. The molecule has 0 fully saturated rings. The van der Waals surface area contributed by atoms with Crippen molar-refractivity contribution in [2.45, 2.75) is 9.79 Å². The topological polar surface area (TPSA) is 63.6 Å². The highest BCUT2D eigenvalue weighted by molar-refractivity contribution is 14.1. The van der Waals surface area contributed by atoms with Gasteiger partial charge in [-0.2, -0.15) is 0 Å². The third-order valence-electron chi connectivity index (χ3n) is 2.68. The molecule has 0 aliphatic carbocycles. The lowest BCUT2D eigenvalue weighted by atomic mass is 10.2. The Hall–Kier alpha value is -1.54. The summed E-state index contributed by atoms with van der Waals surface area (Å²) in [6.07, 6.45) is 0. The van der Waals surface area contributed by atoms with Crippen LogP contribution in [0, 0.1) is 3.57 Å². The Labute approximate surface area is 139 Å². The van der Waals surface area contributed by atoms with Crippen molar-refractivity contribution in [3.05, 3.63) is 57.2 Å². The Morgan fingerprint density at radius 2 is 1.71 bits per heavy atom. The van der Waals surface area contributed by atoms with Gasteiger partial charge in [0.1, 0.15) is 0 Å². The van der Waals surface area contributed by atoms with Crippen LogP contribution in [0.2, 0.25) is 0 Å². The van der Waals surface area contributed by atoms with Crippen molar-refractivity contribution in [3.63, 3.8) is 0 Å². The third-order valence-corrected chi connectivity index (χ3v) is 4.62. The van der Waals surface area contributed by atoms with Crippen molar-refractivity contribution in [2.24, 2.45) is 0 Å². The van der Waals surface area contributed by atoms with Gasteiger partial charge >= 0.3 is 11.9 Å². The summed E-state index contributed by atoms with van der Waals surface area (Å²) in [6.45, 7) is 0. The lowest BCUT2D eigenvalue weighted by Gasteiger charge is -2.06. The summed E-state index contributed by atoms with van der Waals surface area (Å²) < 4.78 is 5.57. The molecule has 0 saturated carbocycles. The van der Waals surface area contributed by atoms with Gasteiger partial charge < -0.3 is 9.84 Å². The lowest BCUT2D eigenvalue weighted by molar-refractivity contribution is 0.0598. The number of benzene rings is 2. The highest BCUT2D eigenvalue weighted by atomic mass is 127. The number of aromatic carboxylic acids is 1. The number of halogens is 1. The van der Waals surface area contributed by atoms with Crippen molar-refractivity contribution in [3.8, 4) is 0 Å². The third kappa shape index (κ3) is 3.98. The molecule has 0 aliphatic rings. The summed E-state index contributed by atoms with van der Waals surface area (Å²) in [5, 5.41) is 8.86. The second kappa shape index (κ2) is 6.95. The molecular formula is C15H11IO4S. The predicted octanol–water partition coefficient (Wildman–Crippen LogP) is 3.93. The van der Waals surface area contributed by atoms with Gasteiger partial charge in [0.2, 0.25) is 0 Å². The van der Waals surface area contributed by atoms with E-state index < -0.39 is 5.97 Å². The summed E-state index contributed by atoms with van der Waals surface area (Å²) in [6, 6.07) is 12.1. The van der Waals surface area contributed by atoms with Crippen LogP contribution in [0.5, 0.6) is 0 Å². The van der Waals surface area contributed by atoms with Gasteiger partial charge in [0, 0.05) is 13.4 Å². The number of ether oxygens (including phenoxy) is 1. The van der Waals surface area contributed by atoms with Crippen LogP contribution in [-0.4, -0.2) is 24.2 Å². The second-order valence-electron chi connectivity index (χ2n) is 4.06. The number of carbonyl (C=O) groups excluding carboxylic acids is 1. The van der Waals surface area contributed by atoms with E-state index >= 15 is 0 Å². The van der Waals surface area contributed by atoms with Crippen LogP contribution in [0.25, 0.3) is 0 Å². The number of carboxylic acid groups (broad SMARTS) is 1. The molecule has 0 atom stereocenters. The first-order chi connectivity index (χ1) is 10.0. The summed E-state index contributed by atoms with van der Waals surface area (Å²) >= 11 is 3.54. The van der Waals surface area contributed by atoms with Gasteiger partial charge in [-0.1, -0.05) is 11.8 Å². The average Bonchev–Trinajstić information content (AvgIpc) is 2.49. The van der Waals surface area contributed by atoms with E-state index in [0.717, 1.165) is 13.4 Å². The molecule has 0 unspecified atom stereocenters. The van der Waals surface area contributed by atoms with Gasteiger partial charge in [-0.3, -0.25) is 0 Å². The Balaban J connectivity index is 2.23. The molecule has 0 heterocycles. The highest BCUT2D eigenvalue weighted by Gasteiger charge is 2.11. The minimum atomic E-state index is -0.950. The van der Waals surface area contributed by atoms with E-state index in [9.17, 15) is 9.59 Å². The molecule has 0 saturated heterocycles. The highest BCUT2D eigenvalue weighted by Crippen LogP contribution is 2.30. The van der Waals surface area contributed by atoms with Gasteiger partial charge in [0.05, 0.1) is 18.2 Å². The fourth-order valence-corrected chi connectivity index (χ4v) is 3.05. The molecule has 0 aromatic heterocycles. The van der Waals surface area contributed by atoms with E-state index in [1.54, 1.807) is 30.3 Å². The summed E-state index contributed by atoms with van der Waals surface area (Å²) in [5.41, 5.74) is 0.766. The first-order valence-electron chi connectivity index (χ1n) is 5.90. The fraction of sp³-hybridized carbons (Fsp3) is 0.0667. The normalized spacial score (nSPS) is 10.2. The van der Waals surface area contributed by atoms with E-state index in [-0.39, 0.29) is 11.5 Å². The van der Waals surface area contributed by atoms with Crippen LogP contribution in [0.1, 0.15) is 20.7 Å². The summed E-state index contributed by atoms with van der Waals surface area (Å²) in [7, 11) is 1.35. The molecule has 0 amide bonds. The molecule has 4 nitrogen and oxygen atoms in total. The Bertz CT molecular complexity index is 683. The van der Waals surface area contributed by atoms with Crippen LogP contribution < -0.4 is 0 Å². The maximum atomic E-state index is 11.7. The standard InChI is InChI=1S/C15H11IO4S/c1-20-15(19)12-8-11(6-7-13(12)16)21-10-4-2-9(3-5-10)14(17)18/h2-8H,1H3,(H,17,18). The van der Waals surface area contributed by atoms with E-state index in [2.05, 4.69) is 22.6 Å². The lowest BCUT2D eigenvalue weighted by Crippen LogP contribution is -2.03.